The van der Waals surface area contributed by atoms with E-state index in [9.17, 15) is 9.59 Å². The molecule has 0 saturated carbocycles. The SMILES string of the molecule is COC(=O)C1=C(C)N(c2ccccc2Cl)C(=O)/C1=C\c1cc(C)n(-c2cc(Cl)ccc2C)c1C. The number of methoxy groups -OCH3 is 1. The third kappa shape index (κ3) is 3.95. The molecule has 2 aromatic carbocycles. The molecule has 0 saturated heterocycles. The van der Waals surface area contributed by atoms with Crippen molar-refractivity contribution in [2.45, 2.75) is 27.7 Å². The van der Waals surface area contributed by atoms with Crippen LogP contribution in [0.5, 0.6) is 0 Å². The number of carbonyl (C=O) groups is 2. The number of para-hydroxylation sites is 1. The molecule has 7 heteroatoms. The third-order valence-electron chi connectivity index (χ3n) is 6.07. The van der Waals surface area contributed by atoms with Crippen molar-refractivity contribution in [1.82, 2.24) is 4.57 Å². The number of amides is 1. The van der Waals surface area contributed by atoms with Crippen molar-refractivity contribution in [2.24, 2.45) is 0 Å². The van der Waals surface area contributed by atoms with Crippen LogP contribution in [-0.2, 0) is 14.3 Å². The molecule has 3 aromatic rings. The largest absolute Gasteiger partial charge is 0.465 e. The second-order valence-electron chi connectivity index (χ2n) is 8.19. The van der Waals surface area contributed by atoms with Crippen LogP contribution >= 0.6 is 23.2 Å². The zero-order chi connectivity index (χ0) is 24.7. The predicted octanol–water partition coefficient (Wildman–Crippen LogP) is 6.59. The molecule has 2 heterocycles. The monoisotopic (exact) mass is 494 g/mol. The van der Waals surface area contributed by atoms with E-state index in [1.807, 2.05) is 45.0 Å². The highest BCUT2D eigenvalue weighted by molar-refractivity contribution is 6.35. The lowest BCUT2D eigenvalue weighted by molar-refractivity contribution is -0.136. The maximum Gasteiger partial charge on any atom is 0.340 e. The van der Waals surface area contributed by atoms with Crippen LogP contribution in [0.1, 0.15) is 29.4 Å². The Bertz CT molecular complexity index is 1400. The van der Waals surface area contributed by atoms with E-state index in [0.29, 0.717) is 21.4 Å². The highest BCUT2D eigenvalue weighted by Gasteiger charge is 2.38. The van der Waals surface area contributed by atoms with Gasteiger partial charge >= 0.3 is 5.97 Å². The summed E-state index contributed by atoms with van der Waals surface area (Å²) >= 11 is 12.6. The molecule has 174 valence electrons. The van der Waals surface area contributed by atoms with Crippen LogP contribution in [0.15, 0.2) is 65.4 Å². The standard InChI is InChI=1S/C27H24Cl2N2O3/c1-15-10-11-20(28)14-24(15)30-16(2)12-19(17(30)3)13-21-25(27(33)34-5)18(4)31(26(21)32)23-9-7-6-8-22(23)29/h6-14H,1-5H3/b21-13-. The quantitative estimate of drug-likeness (QED) is 0.303. The maximum atomic E-state index is 13.6. The van der Waals surface area contributed by atoms with Crippen LogP contribution in [0.25, 0.3) is 11.8 Å². The summed E-state index contributed by atoms with van der Waals surface area (Å²) in [5.41, 5.74) is 6.19. The summed E-state index contributed by atoms with van der Waals surface area (Å²) in [6.07, 6.45) is 1.74. The van der Waals surface area contributed by atoms with Gasteiger partial charge in [0.05, 0.1) is 29.0 Å². The van der Waals surface area contributed by atoms with Crippen LogP contribution in [-0.4, -0.2) is 23.6 Å². The smallest absolute Gasteiger partial charge is 0.340 e. The number of nitrogens with zero attached hydrogens (tertiary/aromatic N) is 2. The second-order valence-corrected chi connectivity index (χ2v) is 9.04. The van der Waals surface area contributed by atoms with Crippen molar-refractivity contribution in [3.63, 3.8) is 0 Å². The van der Waals surface area contributed by atoms with Crippen molar-refractivity contribution in [3.8, 4) is 5.69 Å². The van der Waals surface area contributed by atoms with Gasteiger partial charge in [-0.2, -0.15) is 0 Å². The number of aryl methyl sites for hydroxylation is 2. The number of allylic oxidation sites excluding steroid dienone is 1. The number of rotatable bonds is 4. The minimum absolute atomic E-state index is 0.219. The average Bonchev–Trinajstić information content (AvgIpc) is 3.21. The highest BCUT2D eigenvalue weighted by atomic mass is 35.5. The minimum Gasteiger partial charge on any atom is -0.465 e. The first kappa shape index (κ1) is 23.9. The number of halogens is 2. The van der Waals surface area contributed by atoms with Gasteiger partial charge in [0.25, 0.3) is 5.91 Å². The lowest BCUT2D eigenvalue weighted by atomic mass is 10.0. The van der Waals surface area contributed by atoms with Crippen molar-refractivity contribution in [1.29, 1.82) is 0 Å². The summed E-state index contributed by atoms with van der Waals surface area (Å²) in [7, 11) is 1.30. The molecule has 4 rings (SSSR count). The summed E-state index contributed by atoms with van der Waals surface area (Å²) < 4.78 is 7.11. The van der Waals surface area contributed by atoms with E-state index in [-0.39, 0.29) is 17.1 Å². The lowest BCUT2D eigenvalue weighted by Crippen LogP contribution is -2.24. The van der Waals surface area contributed by atoms with Gasteiger partial charge in [-0.25, -0.2) is 4.79 Å². The first-order chi connectivity index (χ1) is 16.1. The molecule has 1 aromatic heterocycles. The average molecular weight is 495 g/mol. The molecule has 34 heavy (non-hydrogen) atoms. The van der Waals surface area contributed by atoms with E-state index in [4.69, 9.17) is 27.9 Å². The molecule has 1 aliphatic heterocycles. The zero-order valence-corrected chi connectivity index (χ0v) is 21.1. The van der Waals surface area contributed by atoms with E-state index < -0.39 is 5.97 Å². The molecule has 0 unspecified atom stereocenters. The predicted molar refractivity (Wildman–Crippen MR) is 137 cm³/mol. The van der Waals surface area contributed by atoms with Crippen LogP contribution in [0.2, 0.25) is 10.0 Å². The van der Waals surface area contributed by atoms with Crippen molar-refractivity contribution < 1.29 is 14.3 Å². The Morgan fingerprint density at radius 1 is 0.971 bits per heavy atom. The van der Waals surface area contributed by atoms with E-state index in [1.54, 1.807) is 37.3 Å². The summed E-state index contributed by atoms with van der Waals surface area (Å²) in [5, 5.41) is 1.05. The summed E-state index contributed by atoms with van der Waals surface area (Å²) in [6, 6.07) is 14.8. The van der Waals surface area contributed by atoms with E-state index in [1.165, 1.54) is 12.0 Å². The van der Waals surface area contributed by atoms with Gasteiger partial charge in [-0.1, -0.05) is 41.4 Å². The van der Waals surface area contributed by atoms with E-state index in [2.05, 4.69) is 4.57 Å². The Kier molecular flexibility index (Phi) is 6.43. The zero-order valence-electron chi connectivity index (χ0n) is 19.6. The number of hydrogen-bond donors (Lipinski definition) is 0. The number of ether oxygens (including phenoxy) is 1. The Morgan fingerprint density at radius 3 is 2.35 bits per heavy atom. The van der Waals surface area contributed by atoms with Crippen molar-refractivity contribution >= 4 is 46.8 Å². The molecular weight excluding hydrogens is 471 g/mol. The maximum absolute atomic E-state index is 13.6. The highest BCUT2D eigenvalue weighted by Crippen LogP contribution is 2.39. The number of carbonyl (C=O) groups excluding carboxylic acids is 2. The Morgan fingerprint density at radius 2 is 1.68 bits per heavy atom. The summed E-state index contributed by atoms with van der Waals surface area (Å²) in [6.45, 7) is 7.70. The first-order valence-electron chi connectivity index (χ1n) is 10.7. The molecule has 0 radical (unpaired) electrons. The van der Waals surface area contributed by atoms with Gasteiger partial charge in [0.2, 0.25) is 0 Å². The Hall–Kier alpha value is -3.28. The normalized spacial score (nSPS) is 15.0. The van der Waals surface area contributed by atoms with Gasteiger partial charge in [0.1, 0.15) is 0 Å². The fraction of sp³-hybridized carbons (Fsp3) is 0.185. The molecule has 0 atom stereocenters. The third-order valence-corrected chi connectivity index (χ3v) is 6.62. The molecule has 1 aliphatic rings. The number of hydrogen-bond acceptors (Lipinski definition) is 3. The van der Waals surface area contributed by atoms with Gasteiger partial charge in [-0.15, -0.1) is 0 Å². The van der Waals surface area contributed by atoms with Crippen LogP contribution in [0, 0.1) is 20.8 Å². The summed E-state index contributed by atoms with van der Waals surface area (Å²) in [5.74, 6) is -0.916. The van der Waals surface area contributed by atoms with Crippen molar-refractivity contribution in [3.05, 3.63) is 97.9 Å². The molecular formula is C27H24Cl2N2O3. The van der Waals surface area contributed by atoms with Crippen molar-refractivity contribution in [2.75, 3.05) is 12.0 Å². The molecule has 0 spiro atoms. The van der Waals surface area contributed by atoms with E-state index in [0.717, 1.165) is 28.2 Å². The molecule has 1 amide bonds. The Labute approximate surface area is 208 Å². The number of esters is 1. The number of aromatic nitrogens is 1. The van der Waals surface area contributed by atoms with Crippen LogP contribution in [0.4, 0.5) is 5.69 Å². The lowest BCUT2D eigenvalue weighted by Gasteiger charge is -2.19. The molecule has 0 fully saturated rings. The fourth-order valence-electron chi connectivity index (χ4n) is 4.39. The van der Waals surface area contributed by atoms with Gasteiger partial charge in [-0.05, 0) is 75.2 Å². The van der Waals surface area contributed by atoms with Crippen LogP contribution < -0.4 is 4.90 Å². The molecule has 0 aliphatic carbocycles. The second kappa shape index (κ2) is 9.16. The fourth-order valence-corrected chi connectivity index (χ4v) is 4.77. The van der Waals surface area contributed by atoms with Crippen LogP contribution in [0.3, 0.4) is 0 Å². The molecule has 0 bridgehead atoms. The summed E-state index contributed by atoms with van der Waals surface area (Å²) in [4.78, 5) is 27.8. The number of anilines is 1. The first-order valence-corrected chi connectivity index (χ1v) is 11.5. The van der Waals surface area contributed by atoms with Gasteiger partial charge in [-0.3, -0.25) is 9.69 Å². The van der Waals surface area contributed by atoms with Gasteiger partial charge in [0.15, 0.2) is 0 Å². The van der Waals surface area contributed by atoms with E-state index >= 15 is 0 Å². The molecule has 0 N–H and O–H groups in total. The van der Waals surface area contributed by atoms with Gasteiger partial charge < -0.3 is 9.30 Å². The number of benzene rings is 2. The Balaban J connectivity index is 1.89. The topological polar surface area (TPSA) is 51.5 Å². The minimum atomic E-state index is -0.578. The van der Waals surface area contributed by atoms with Gasteiger partial charge in [0, 0.05) is 27.8 Å². The molecule has 5 nitrogen and oxygen atoms in total.